The molecule has 1 rings (SSSR count). The van der Waals surface area contributed by atoms with Gasteiger partial charge in [0, 0.05) is 19.0 Å². The summed E-state index contributed by atoms with van der Waals surface area (Å²) in [6.07, 6.45) is 0.647. The topological polar surface area (TPSA) is 127 Å². The van der Waals surface area contributed by atoms with Crippen molar-refractivity contribution in [3.63, 3.8) is 0 Å². The Hall–Kier alpha value is -1.23. The molecule has 0 aromatic carbocycles. The monoisotopic (exact) mass is 342 g/mol. The molecule has 0 spiro atoms. The van der Waals surface area contributed by atoms with Gasteiger partial charge in [0.2, 0.25) is 10.0 Å². The summed E-state index contributed by atoms with van der Waals surface area (Å²) < 4.78 is 25.4. The predicted octanol–water partition coefficient (Wildman–Crippen LogP) is 1.84. The van der Waals surface area contributed by atoms with Crippen LogP contribution in [0.3, 0.4) is 0 Å². The number of nitro groups is 1. The van der Waals surface area contributed by atoms with Gasteiger partial charge in [-0.1, -0.05) is 11.6 Å². The zero-order valence-corrected chi connectivity index (χ0v) is 12.4. The van der Waals surface area contributed by atoms with Crippen LogP contribution in [0.1, 0.15) is 19.3 Å². The lowest BCUT2D eigenvalue weighted by Crippen LogP contribution is -2.24. The zero-order chi connectivity index (χ0) is 15.3. The lowest BCUT2D eigenvalue weighted by Gasteiger charge is -2.03. The largest absolute Gasteiger partial charge is 0.481 e. The smallest absolute Gasteiger partial charge is 0.303 e. The number of rotatable bonds is 8. The number of nitrogens with zero attached hydrogens (tertiary/aromatic N) is 1. The maximum absolute atomic E-state index is 11.8. The molecule has 0 unspecified atom stereocenters. The second kappa shape index (κ2) is 6.97. The van der Waals surface area contributed by atoms with Crippen LogP contribution in [0.25, 0.3) is 0 Å². The summed E-state index contributed by atoms with van der Waals surface area (Å²) in [4.78, 5) is 20.1. The van der Waals surface area contributed by atoms with E-state index in [1.54, 1.807) is 0 Å². The van der Waals surface area contributed by atoms with Crippen molar-refractivity contribution in [1.82, 2.24) is 4.72 Å². The summed E-state index contributed by atoms with van der Waals surface area (Å²) >= 11 is 6.18. The number of halogens is 1. The highest BCUT2D eigenvalue weighted by Crippen LogP contribution is 2.35. The average Bonchev–Trinajstić information content (AvgIpc) is 2.71. The van der Waals surface area contributed by atoms with Gasteiger partial charge in [-0.25, -0.2) is 13.1 Å². The molecular weight excluding hydrogens is 332 g/mol. The maximum Gasteiger partial charge on any atom is 0.303 e. The molecule has 0 aliphatic rings. The van der Waals surface area contributed by atoms with Crippen LogP contribution in [-0.2, 0) is 14.8 Å². The highest BCUT2D eigenvalue weighted by molar-refractivity contribution is 7.91. The molecule has 1 heterocycles. The second-order valence-electron chi connectivity index (χ2n) is 3.73. The molecule has 0 aliphatic heterocycles. The third-order valence-corrected chi connectivity index (χ3v) is 5.49. The average molecular weight is 343 g/mol. The molecule has 0 atom stereocenters. The first-order valence-corrected chi connectivity index (χ1v) is 8.07. The van der Waals surface area contributed by atoms with Crippen molar-refractivity contribution in [3.8, 4) is 0 Å². The summed E-state index contributed by atoms with van der Waals surface area (Å²) in [5.74, 6) is -0.950. The van der Waals surface area contributed by atoms with Gasteiger partial charge in [-0.05, 0) is 12.8 Å². The predicted molar refractivity (Wildman–Crippen MR) is 72.7 cm³/mol. The van der Waals surface area contributed by atoms with Crippen molar-refractivity contribution in [2.24, 2.45) is 0 Å². The van der Waals surface area contributed by atoms with Crippen LogP contribution < -0.4 is 4.72 Å². The van der Waals surface area contributed by atoms with E-state index in [1.165, 1.54) is 0 Å². The minimum Gasteiger partial charge on any atom is -0.481 e. The van der Waals surface area contributed by atoms with Gasteiger partial charge in [-0.2, -0.15) is 0 Å². The van der Waals surface area contributed by atoms with E-state index in [1.807, 2.05) is 0 Å². The van der Waals surface area contributed by atoms with E-state index in [0.717, 1.165) is 6.07 Å². The number of hydrogen-bond acceptors (Lipinski definition) is 6. The Labute approximate surface area is 123 Å². The molecule has 112 valence electrons. The Morgan fingerprint density at radius 2 is 2.15 bits per heavy atom. The first-order valence-electron chi connectivity index (χ1n) is 5.39. The lowest BCUT2D eigenvalue weighted by atomic mass is 10.2. The van der Waals surface area contributed by atoms with Crippen LogP contribution in [0.4, 0.5) is 5.69 Å². The number of carboxylic acids is 1. The SMILES string of the molecule is O=C(O)CCCCNS(=O)(=O)c1cc([N+](=O)[O-])c(Cl)s1. The quantitative estimate of drug-likeness (QED) is 0.421. The summed E-state index contributed by atoms with van der Waals surface area (Å²) in [7, 11) is -3.86. The molecule has 0 saturated carbocycles. The van der Waals surface area contributed by atoms with Gasteiger partial charge < -0.3 is 5.11 Å². The van der Waals surface area contributed by atoms with E-state index in [9.17, 15) is 23.3 Å². The summed E-state index contributed by atoms with van der Waals surface area (Å²) in [5, 5.41) is 19.0. The fraction of sp³-hybridized carbons (Fsp3) is 0.444. The fourth-order valence-corrected chi connectivity index (χ4v) is 4.06. The van der Waals surface area contributed by atoms with E-state index >= 15 is 0 Å². The van der Waals surface area contributed by atoms with E-state index in [0.29, 0.717) is 24.2 Å². The second-order valence-corrected chi connectivity index (χ2v) is 7.38. The van der Waals surface area contributed by atoms with Crippen molar-refractivity contribution in [3.05, 3.63) is 20.5 Å². The highest BCUT2D eigenvalue weighted by atomic mass is 35.5. The van der Waals surface area contributed by atoms with Crippen LogP contribution in [0.15, 0.2) is 10.3 Å². The Morgan fingerprint density at radius 3 is 2.65 bits per heavy atom. The molecule has 1 aromatic rings. The van der Waals surface area contributed by atoms with Crippen molar-refractivity contribution in [2.45, 2.75) is 23.5 Å². The Bertz CT molecular complexity index is 612. The number of carboxylic acid groups (broad SMARTS) is 1. The van der Waals surface area contributed by atoms with Gasteiger partial charge in [-0.3, -0.25) is 14.9 Å². The molecule has 0 fully saturated rings. The first kappa shape index (κ1) is 16.8. The number of nitrogens with one attached hydrogen (secondary N) is 1. The maximum atomic E-state index is 11.8. The van der Waals surface area contributed by atoms with E-state index in [2.05, 4.69) is 4.72 Å². The highest BCUT2D eigenvalue weighted by Gasteiger charge is 2.24. The van der Waals surface area contributed by atoms with Gasteiger partial charge >= 0.3 is 5.97 Å². The minimum atomic E-state index is -3.86. The molecule has 0 amide bonds. The molecule has 0 radical (unpaired) electrons. The Kier molecular flexibility index (Phi) is 5.87. The number of thiophene rings is 1. The van der Waals surface area contributed by atoms with E-state index in [4.69, 9.17) is 16.7 Å². The molecule has 1 aromatic heterocycles. The molecule has 11 heteroatoms. The number of carbonyl (C=O) groups is 1. The molecule has 0 saturated heterocycles. The van der Waals surface area contributed by atoms with Crippen molar-refractivity contribution >= 4 is 44.6 Å². The molecular formula is C9H11ClN2O6S2. The first-order chi connectivity index (χ1) is 9.24. The van der Waals surface area contributed by atoms with Crippen molar-refractivity contribution in [2.75, 3.05) is 6.54 Å². The Balaban J connectivity index is 2.63. The minimum absolute atomic E-state index is 0.0436. The van der Waals surface area contributed by atoms with Crippen LogP contribution in [0.5, 0.6) is 0 Å². The fourth-order valence-electron chi connectivity index (χ4n) is 1.27. The van der Waals surface area contributed by atoms with Crippen LogP contribution in [0, 0.1) is 10.1 Å². The van der Waals surface area contributed by atoms with E-state index in [-0.39, 0.29) is 21.5 Å². The molecule has 2 N–H and O–H groups in total. The number of aliphatic carboxylic acids is 1. The van der Waals surface area contributed by atoms with Crippen LogP contribution in [0.2, 0.25) is 4.34 Å². The number of hydrogen-bond donors (Lipinski definition) is 2. The van der Waals surface area contributed by atoms with Gasteiger partial charge in [0.15, 0.2) is 4.34 Å². The summed E-state index contributed by atoms with van der Waals surface area (Å²) in [5.41, 5.74) is -0.456. The molecule has 0 bridgehead atoms. The number of sulfonamides is 1. The molecule has 8 nitrogen and oxygen atoms in total. The van der Waals surface area contributed by atoms with Crippen LogP contribution in [-0.4, -0.2) is 31.0 Å². The number of unbranched alkanes of at least 4 members (excludes halogenated alkanes) is 1. The molecule has 20 heavy (non-hydrogen) atoms. The third-order valence-electron chi connectivity index (χ3n) is 2.22. The summed E-state index contributed by atoms with van der Waals surface area (Å²) in [6, 6.07) is 0.895. The summed E-state index contributed by atoms with van der Waals surface area (Å²) in [6.45, 7) is 0.0545. The van der Waals surface area contributed by atoms with Gasteiger partial charge in [0.1, 0.15) is 4.21 Å². The standard InChI is InChI=1S/C9H11ClN2O6S2/c10-9-6(12(15)16)5-8(19-9)20(17,18)11-4-2-1-3-7(13)14/h5,11H,1-4H2,(H,13,14). The zero-order valence-electron chi connectivity index (χ0n) is 10.0. The van der Waals surface area contributed by atoms with Crippen molar-refractivity contribution < 1.29 is 23.2 Å². The van der Waals surface area contributed by atoms with Gasteiger partial charge in [-0.15, -0.1) is 11.3 Å². The third kappa shape index (κ3) is 4.71. The van der Waals surface area contributed by atoms with Gasteiger partial charge in [0.25, 0.3) is 5.69 Å². The Morgan fingerprint density at radius 1 is 1.50 bits per heavy atom. The van der Waals surface area contributed by atoms with Gasteiger partial charge in [0.05, 0.1) is 4.92 Å². The lowest BCUT2D eigenvalue weighted by molar-refractivity contribution is -0.384. The molecule has 0 aliphatic carbocycles. The van der Waals surface area contributed by atoms with E-state index < -0.39 is 26.6 Å². The normalized spacial score (nSPS) is 11.4. The van der Waals surface area contributed by atoms with Crippen LogP contribution >= 0.6 is 22.9 Å². The van der Waals surface area contributed by atoms with Crippen molar-refractivity contribution in [1.29, 1.82) is 0 Å².